The zero-order chi connectivity index (χ0) is 14.1. The van der Waals surface area contributed by atoms with E-state index in [1.807, 2.05) is 24.1 Å². The Bertz CT molecular complexity index is 511. The molecule has 0 unspecified atom stereocenters. The van der Waals surface area contributed by atoms with Gasteiger partial charge in [-0.2, -0.15) is 0 Å². The number of likely N-dealkylation sites (tertiary alicyclic amines) is 2. The van der Waals surface area contributed by atoms with Crippen LogP contribution in [0.4, 0.5) is 0 Å². The minimum atomic E-state index is -0.141. The van der Waals surface area contributed by atoms with Crippen molar-refractivity contribution in [1.29, 1.82) is 0 Å². The van der Waals surface area contributed by atoms with E-state index in [1.165, 1.54) is 5.56 Å². The van der Waals surface area contributed by atoms with Crippen LogP contribution in [0.15, 0.2) is 24.5 Å². The quantitative estimate of drug-likeness (QED) is 0.821. The van der Waals surface area contributed by atoms with Gasteiger partial charge >= 0.3 is 0 Å². The van der Waals surface area contributed by atoms with Crippen molar-refractivity contribution in [1.82, 2.24) is 14.8 Å². The van der Waals surface area contributed by atoms with Gasteiger partial charge in [-0.1, -0.05) is 6.07 Å². The van der Waals surface area contributed by atoms with Gasteiger partial charge in [0.25, 0.3) is 0 Å². The van der Waals surface area contributed by atoms with Crippen LogP contribution in [0.2, 0.25) is 0 Å². The molecule has 1 aromatic rings. The molecule has 2 aliphatic rings. The van der Waals surface area contributed by atoms with Gasteiger partial charge in [-0.15, -0.1) is 0 Å². The molecule has 2 saturated heterocycles. The molecule has 0 aliphatic carbocycles. The highest BCUT2D eigenvalue weighted by atomic mass is 16.2. The maximum Gasteiger partial charge on any atom is 0.228 e. The molecule has 0 N–H and O–H groups in total. The normalized spacial score (nSPS) is 23.1. The molecule has 2 amide bonds. The van der Waals surface area contributed by atoms with Gasteiger partial charge in [0.05, 0.1) is 5.92 Å². The zero-order valence-electron chi connectivity index (χ0n) is 11.7. The third-order valence-corrected chi connectivity index (χ3v) is 4.29. The van der Waals surface area contributed by atoms with Crippen molar-refractivity contribution in [2.45, 2.75) is 19.3 Å². The molecule has 5 nitrogen and oxygen atoms in total. The summed E-state index contributed by atoms with van der Waals surface area (Å²) in [5, 5.41) is 0. The molecule has 0 saturated carbocycles. The summed E-state index contributed by atoms with van der Waals surface area (Å²) >= 11 is 0. The largest absolute Gasteiger partial charge is 0.342 e. The summed E-state index contributed by atoms with van der Waals surface area (Å²) in [6.07, 6.45) is 4.00. The SMILES string of the molecule is CCN1C[C@H](C(=O)N2CC(c3cccnc3)C2)CC1=O. The van der Waals surface area contributed by atoms with Crippen molar-refractivity contribution < 1.29 is 9.59 Å². The van der Waals surface area contributed by atoms with E-state index in [0.717, 1.165) is 13.1 Å². The Balaban J connectivity index is 1.55. The van der Waals surface area contributed by atoms with Crippen molar-refractivity contribution in [2.24, 2.45) is 5.92 Å². The molecule has 5 heteroatoms. The van der Waals surface area contributed by atoms with Gasteiger partial charge in [0.15, 0.2) is 0 Å². The smallest absolute Gasteiger partial charge is 0.228 e. The molecule has 0 bridgehead atoms. The molecular formula is C15H19N3O2. The van der Waals surface area contributed by atoms with Gasteiger partial charge in [-0.25, -0.2) is 0 Å². The lowest BCUT2D eigenvalue weighted by atomic mass is 9.91. The summed E-state index contributed by atoms with van der Waals surface area (Å²) < 4.78 is 0. The van der Waals surface area contributed by atoms with Crippen LogP contribution in [0.1, 0.15) is 24.8 Å². The maximum absolute atomic E-state index is 12.3. The molecule has 3 rings (SSSR count). The number of hydrogen-bond donors (Lipinski definition) is 0. The molecule has 0 spiro atoms. The van der Waals surface area contributed by atoms with Gasteiger partial charge in [-0.3, -0.25) is 14.6 Å². The molecule has 106 valence electrons. The minimum absolute atomic E-state index is 0.107. The Hall–Kier alpha value is -1.91. The molecule has 20 heavy (non-hydrogen) atoms. The third kappa shape index (κ3) is 2.28. The summed E-state index contributed by atoms with van der Waals surface area (Å²) in [4.78, 5) is 31.8. The van der Waals surface area contributed by atoms with Crippen molar-refractivity contribution in [2.75, 3.05) is 26.2 Å². The lowest BCUT2D eigenvalue weighted by Crippen LogP contribution is -2.51. The standard InChI is InChI=1S/C15H19N3O2/c1-2-17-8-12(6-14(17)19)15(20)18-9-13(10-18)11-4-3-5-16-7-11/h3-5,7,12-13H,2,6,8-10H2,1H3/t12-/m1/s1. The van der Waals surface area contributed by atoms with Gasteiger partial charge in [-0.05, 0) is 18.6 Å². The highest BCUT2D eigenvalue weighted by Crippen LogP contribution is 2.29. The van der Waals surface area contributed by atoms with E-state index in [4.69, 9.17) is 0 Å². The van der Waals surface area contributed by atoms with Gasteiger partial charge in [0.2, 0.25) is 11.8 Å². The Morgan fingerprint density at radius 2 is 2.20 bits per heavy atom. The second-order valence-corrected chi connectivity index (χ2v) is 5.56. The molecule has 0 aromatic carbocycles. The number of nitrogens with zero attached hydrogens (tertiary/aromatic N) is 3. The fourth-order valence-electron chi connectivity index (χ4n) is 2.99. The summed E-state index contributed by atoms with van der Waals surface area (Å²) in [5.74, 6) is 0.494. The second kappa shape index (κ2) is 5.23. The number of amides is 2. The number of carbonyl (C=O) groups excluding carboxylic acids is 2. The fourth-order valence-corrected chi connectivity index (χ4v) is 2.99. The maximum atomic E-state index is 12.3. The number of pyridine rings is 1. The number of hydrogen-bond acceptors (Lipinski definition) is 3. The summed E-state index contributed by atoms with van der Waals surface area (Å²) in [5.41, 5.74) is 1.19. The minimum Gasteiger partial charge on any atom is -0.342 e. The van der Waals surface area contributed by atoms with E-state index in [9.17, 15) is 9.59 Å². The van der Waals surface area contributed by atoms with E-state index in [2.05, 4.69) is 11.1 Å². The first-order valence-electron chi connectivity index (χ1n) is 7.15. The topological polar surface area (TPSA) is 53.5 Å². The van der Waals surface area contributed by atoms with E-state index < -0.39 is 0 Å². The van der Waals surface area contributed by atoms with E-state index in [0.29, 0.717) is 25.4 Å². The first-order valence-corrected chi connectivity index (χ1v) is 7.15. The average Bonchev–Trinajstić information content (AvgIpc) is 2.79. The van der Waals surface area contributed by atoms with E-state index in [-0.39, 0.29) is 17.7 Å². The average molecular weight is 273 g/mol. The first kappa shape index (κ1) is 13.1. The van der Waals surface area contributed by atoms with Crippen LogP contribution >= 0.6 is 0 Å². The van der Waals surface area contributed by atoms with Gasteiger partial charge in [0, 0.05) is 50.9 Å². The van der Waals surface area contributed by atoms with E-state index in [1.54, 1.807) is 11.1 Å². The monoisotopic (exact) mass is 273 g/mol. The van der Waals surface area contributed by atoms with Gasteiger partial charge < -0.3 is 9.80 Å². The fraction of sp³-hybridized carbons (Fsp3) is 0.533. The van der Waals surface area contributed by atoms with Crippen LogP contribution in [0.5, 0.6) is 0 Å². The van der Waals surface area contributed by atoms with Crippen LogP contribution in [-0.4, -0.2) is 52.8 Å². The number of carbonyl (C=O) groups is 2. The van der Waals surface area contributed by atoms with Crippen molar-refractivity contribution in [3.8, 4) is 0 Å². The predicted molar refractivity (Wildman–Crippen MR) is 73.9 cm³/mol. The zero-order valence-corrected chi connectivity index (χ0v) is 11.7. The van der Waals surface area contributed by atoms with Crippen LogP contribution in [0.3, 0.4) is 0 Å². The molecular weight excluding hydrogens is 254 g/mol. The number of aromatic nitrogens is 1. The van der Waals surface area contributed by atoms with Crippen LogP contribution in [0, 0.1) is 5.92 Å². The Labute approximate surface area is 118 Å². The lowest BCUT2D eigenvalue weighted by molar-refractivity contribution is -0.140. The highest BCUT2D eigenvalue weighted by Gasteiger charge is 2.40. The highest BCUT2D eigenvalue weighted by molar-refractivity contribution is 5.89. The van der Waals surface area contributed by atoms with Crippen molar-refractivity contribution >= 4 is 11.8 Å². The van der Waals surface area contributed by atoms with Crippen LogP contribution < -0.4 is 0 Å². The lowest BCUT2D eigenvalue weighted by Gasteiger charge is -2.40. The summed E-state index contributed by atoms with van der Waals surface area (Å²) in [6.45, 7) is 4.73. The molecule has 2 fully saturated rings. The Morgan fingerprint density at radius 3 is 2.80 bits per heavy atom. The summed E-state index contributed by atoms with van der Waals surface area (Å²) in [6, 6.07) is 3.98. The number of rotatable bonds is 3. The third-order valence-electron chi connectivity index (χ3n) is 4.29. The Kier molecular flexibility index (Phi) is 3.42. The second-order valence-electron chi connectivity index (χ2n) is 5.56. The molecule has 1 atom stereocenters. The molecule has 2 aliphatic heterocycles. The van der Waals surface area contributed by atoms with Gasteiger partial charge in [0.1, 0.15) is 0 Å². The predicted octanol–water partition coefficient (Wildman–Crippen LogP) is 0.876. The van der Waals surface area contributed by atoms with Crippen molar-refractivity contribution in [3.05, 3.63) is 30.1 Å². The van der Waals surface area contributed by atoms with Crippen molar-refractivity contribution in [3.63, 3.8) is 0 Å². The molecule has 0 radical (unpaired) electrons. The first-order chi connectivity index (χ1) is 9.69. The van der Waals surface area contributed by atoms with Crippen LogP contribution in [-0.2, 0) is 9.59 Å². The van der Waals surface area contributed by atoms with Crippen LogP contribution in [0.25, 0.3) is 0 Å². The van der Waals surface area contributed by atoms with E-state index >= 15 is 0 Å². The summed E-state index contributed by atoms with van der Waals surface area (Å²) in [7, 11) is 0. The molecule has 1 aromatic heterocycles. The molecule has 3 heterocycles. The Morgan fingerprint density at radius 1 is 1.40 bits per heavy atom.